The summed E-state index contributed by atoms with van der Waals surface area (Å²) in [7, 11) is 0. The van der Waals surface area contributed by atoms with Crippen LogP contribution in [-0.2, 0) is 10.3 Å². The Bertz CT molecular complexity index is 509. The molecule has 2 unspecified atom stereocenters. The van der Waals surface area contributed by atoms with Crippen molar-refractivity contribution < 1.29 is 4.74 Å². The van der Waals surface area contributed by atoms with Crippen LogP contribution in [0.3, 0.4) is 0 Å². The molecule has 0 bridgehead atoms. The molecule has 0 aromatic heterocycles. The van der Waals surface area contributed by atoms with Gasteiger partial charge in [-0.15, -0.1) is 0 Å². The third-order valence-electron chi connectivity index (χ3n) is 4.27. The van der Waals surface area contributed by atoms with Crippen LogP contribution in [0.5, 0.6) is 0 Å². The molecular weight excluding hydrogens is 262 g/mol. The van der Waals surface area contributed by atoms with E-state index >= 15 is 0 Å². The Morgan fingerprint density at radius 1 is 1.38 bits per heavy atom. The van der Waals surface area contributed by atoms with Crippen molar-refractivity contribution >= 4 is 0 Å². The quantitative estimate of drug-likeness (QED) is 0.897. The number of nitrogens with one attached hydrogen (secondary N) is 1. The Morgan fingerprint density at radius 3 is 2.76 bits per heavy atom. The second kappa shape index (κ2) is 6.15. The highest BCUT2D eigenvalue weighted by Crippen LogP contribution is 2.29. The lowest BCUT2D eigenvalue weighted by Gasteiger charge is -2.38. The number of benzene rings is 1. The Morgan fingerprint density at radius 2 is 2.14 bits per heavy atom. The summed E-state index contributed by atoms with van der Waals surface area (Å²) >= 11 is 0. The van der Waals surface area contributed by atoms with E-state index in [2.05, 4.69) is 35.3 Å². The van der Waals surface area contributed by atoms with Crippen molar-refractivity contribution in [3.05, 3.63) is 35.9 Å². The summed E-state index contributed by atoms with van der Waals surface area (Å²) in [5, 5.41) is 13.5. The fourth-order valence-corrected chi connectivity index (χ4v) is 3.02. The molecule has 2 fully saturated rings. The first-order valence-electron chi connectivity index (χ1n) is 7.80. The van der Waals surface area contributed by atoms with Crippen molar-refractivity contribution in [3.8, 4) is 6.07 Å². The van der Waals surface area contributed by atoms with Crippen LogP contribution in [0.4, 0.5) is 0 Å². The van der Waals surface area contributed by atoms with Crippen LogP contribution >= 0.6 is 0 Å². The van der Waals surface area contributed by atoms with Gasteiger partial charge >= 0.3 is 0 Å². The highest BCUT2D eigenvalue weighted by molar-refractivity contribution is 5.33. The SMILES string of the molecule is CC1CN(CC(C#N)(NC2CC2)c2ccccc2)CCO1. The minimum absolute atomic E-state index is 0.242. The molecule has 1 saturated heterocycles. The van der Waals surface area contributed by atoms with E-state index in [1.807, 2.05) is 18.2 Å². The molecule has 1 aliphatic carbocycles. The fourth-order valence-electron chi connectivity index (χ4n) is 3.02. The maximum absolute atomic E-state index is 9.93. The van der Waals surface area contributed by atoms with Crippen LogP contribution < -0.4 is 5.32 Å². The zero-order valence-corrected chi connectivity index (χ0v) is 12.6. The Balaban J connectivity index is 1.82. The van der Waals surface area contributed by atoms with Gasteiger partial charge in [0, 0.05) is 25.7 Å². The van der Waals surface area contributed by atoms with Crippen LogP contribution in [0.1, 0.15) is 25.3 Å². The average molecular weight is 285 g/mol. The van der Waals surface area contributed by atoms with E-state index in [1.54, 1.807) is 0 Å². The summed E-state index contributed by atoms with van der Waals surface area (Å²) in [6.07, 6.45) is 2.60. The number of rotatable bonds is 5. The lowest BCUT2D eigenvalue weighted by Crippen LogP contribution is -2.54. The summed E-state index contributed by atoms with van der Waals surface area (Å²) in [4.78, 5) is 2.35. The summed E-state index contributed by atoms with van der Waals surface area (Å²) < 4.78 is 5.61. The third-order valence-corrected chi connectivity index (χ3v) is 4.27. The van der Waals surface area contributed by atoms with Crippen molar-refractivity contribution in [1.29, 1.82) is 5.26 Å². The molecule has 2 aliphatic rings. The van der Waals surface area contributed by atoms with Crippen LogP contribution in [0.25, 0.3) is 0 Å². The standard InChI is InChI=1S/C17H23N3O/c1-14-11-20(9-10-21-14)13-17(12-18,19-16-7-8-16)15-5-3-2-4-6-15/h2-6,14,16,19H,7-11,13H2,1H3. The molecule has 0 radical (unpaired) electrons. The molecule has 1 saturated carbocycles. The number of hydrogen-bond donors (Lipinski definition) is 1. The van der Waals surface area contributed by atoms with E-state index < -0.39 is 5.54 Å². The molecule has 112 valence electrons. The van der Waals surface area contributed by atoms with Crippen molar-refractivity contribution in [2.24, 2.45) is 0 Å². The van der Waals surface area contributed by atoms with Crippen molar-refractivity contribution in [2.45, 2.75) is 37.5 Å². The van der Waals surface area contributed by atoms with Crippen LogP contribution in [0.2, 0.25) is 0 Å². The number of nitrogens with zero attached hydrogens (tertiary/aromatic N) is 2. The van der Waals surface area contributed by atoms with Gasteiger partial charge in [0.1, 0.15) is 5.54 Å². The number of hydrogen-bond acceptors (Lipinski definition) is 4. The smallest absolute Gasteiger partial charge is 0.145 e. The van der Waals surface area contributed by atoms with Gasteiger partial charge in [0.05, 0.1) is 18.8 Å². The minimum Gasteiger partial charge on any atom is -0.376 e. The number of morpholine rings is 1. The van der Waals surface area contributed by atoms with Gasteiger partial charge in [-0.1, -0.05) is 30.3 Å². The Hall–Kier alpha value is -1.41. The molecule has 1 aromatic carbocycles. The fraction of sp³-hybridized carbons (Fsp3) is 0.588. The summed E-state index contributed by atoms with van der Waals surface area (Å²) in [6.45, 7) is 5.35. The summed E-state index contributed by atoms with van der Waals surface area (Å²) in [5.41, 5.74) is 0.456. The van der Waals surface area contributed by atoms with Crippen molar-refractivity contribution in [3.63, 3.8) is 0 Å². The lowest BCUT2D eigenvalue weighted by atomic mass is 9.90. The molecule has 0 amide bonds. The molecule has 4 heteroatoms. The van der Waals surface area contributed by atoms with Gasteiger partial charge in [0.15, 0.2) is 0 Å². The van der Waals surface area contributed by atoms with Crippen molar-refractivity contribution in [1.82, 2.24) is 10.2 Å². The number of nitriles is 1. The van der Waals surface area contributed by atoms with Crippen LogP contribution in [0.15, 0.2) is 30.3 Å². The molecule has 0 spiro atoms. The summed E-state index contributed by atoms with van der Waals surface area (Å²) in [5.74, 6) is 0. The second-order valence-electron chi connectivity index (χ2n) is 6.22. The van der Waals surface area contributed by atoms with Gasteiger partial charge in [0.2, 0.25) is 0 Å². The van der Waals surface area contributed by atoms with E-state index in [4.69, 9.17) is 4.74 Å². The predicted octanol–water partition coefficient (Wildman–Crippen LogP) is 1.88. The third kappa shape index (κ3) is 3.44. The minimum atomic E-state index is -0.612. The van der Waals surface area contributed by atoms with Crippen LogP contribution in [-0.4, -0.2) is 43.3 Å². The van der Waals surface area contributed by atoms with Crippen molar-refractivity contribution in [2.75, 3.05) is 26.2 Å². The summed E-state index contributed by atoms with van der Waals surface area (Å²) in [6, 6.07) is 13.2. The van der Waals surface area contributed by atoms with Crippen LogP contribution in [0, 0.1) is 11.3 Å². The highest BCUT2D eigenvalue weighted by atomic mass is 16.5. The highest BCUT2D eigenvalue weighted by Gasteiger charge is 2.40. The van der Waals surface area contributed by atoms with E-state index in [9.17, 15) is 5.26 Å². The van der Waals surface area contributed by atoms with E-state index in [0.717, 1.165) is 31.8 Å². The average Bonchev–Trinajstić information content (AvgIpc) is 3.31. The maximum Gasteiger partial charge on any atom is 0.145 e. The van der Waals surface area contributed by atoms with E-state index in [0.29, 0.717) is 6.04 Å². The first kappa shape index (κ1) is 14.5. The van der Waals surface area contributed by atoms with Gasteiger partial charge in [-0.25, -0.2) is 0 Å². The molecule has 3 rings (SSSR count). The molecule has 2 atom stereocenters. The van der Waals surface area contributed by atoms with Gasteiger partial charge in [-0.3, -0.25) is 10.2 Å². The zero-order chi connectivity index (χ0) is 14.7. The first-order valence-corrected chi connectivity index (χ1v) is 7.80. The molecular formula is C17H23N3O. The monoisotopic (exact) mass is 285 g/mol. The largest absolute Gasteiger partial charge is 0.376 e. The van der Waals surface area contributed by atoms with Gasteiger partial charge < -0.3 is 4.74 Å². The van der Waals surface area contributed by atoms with Gasteiger partial charge in [0.25, 0.3) is 0 Å². The van der Waals surface area contributed by atoms with E-state index in [-0.39, 0.29) is 6.10 Å². The van der Waals surface area contributed by atoms with Gasteiger partial charge in [-0.2, -0.15) is 5.26 Å². The first-order chi connectivity index (χ1) is 10.2. The zero-order valence-electron chi connectivity index (χ0n) is 12.6. The normalized spacial score (nSPS) is 26.0. The lowest BCUT2D eigenvalue weighted by molar-refractivity contribution is -0.0245. The predicted molar refractivity (Wildman–Crippen MR) is 81.7 cm³/mol. The maximum atomic E-state index is 9.93. The van der Waals surface area contributed by atoms with Gasteiger partial charge in [-0.05, 0) is 25.3 Å². The second-order valence-corrected chi connectivity index (χ2v) is 6.22. The number of ether oxygens (including phenoxy) is 1. The molecule has 21 heavy (non-hydrogen) atoms. The Labute approximate surface area is 126 Å². The molecule has 1 N–H and O–H groups in total. The topological polar surface area (TPSA) is 48.3 Å². The Kier molecular flexibility index (Phi) is 4.25. The molecule has 1 aliphatic heterocycles. The van der Waals surface area contributed by atoms with E-state index in [1.165, 1.54) is 12.8 Å². The molecule has 4 nitrogen and oxygen atoms in total. The molecule has 1 aromatic rings. The molecule has 1 heterocycles.